The van der Waals surface area contributed by atoms with Crippen molar-refractivity contribution in [1.82, 2.24) is 4.98 Å². The number of amides is 1. The topological polar surface area (TPSA) is 89.0 Å². The fourth-order valence-electron chi connectivity index (χ4n) is 4.23. The number of thiazole rings is 1. The molecule has 2 heterocycles. The van der Waals surface area contributed by atoms with Crippen molar-refractivity contribution in [2.75, 3.05) is 18.6 Å². The number of fused-ring (bicyclic) bond motifs is 1. The summed E-state index contributed by atoms with van der Waals surface area (Å²) in [6.45, 7) is 2.58. The van der Waals surface area contributed by atoms with Crippen LogP contribution in [-0.2, 0) is 9.59 Å². The number of hydrogen-bond acceptors (Lipinski definition) is 7. The van der Waals surface area contributed by atoms with E-state index in [1.165, 1.54) is 23.3 Å². The minimum Gasteiger partial charge on any atom is -0.507 e. The number of benzene rings is 3. The number of carbonyl (C=O) groups excluding carboxylic acids is 2. The first-order chi connectivity index (χ1) is 17.9. The van der Waals surface area contributed by atoms with Crippen molar-refractivity contribution in [3.63, 3.8) is 0 Å². The van der Waals surface area contributed by atoms with Crippen LogP contribution >= 0.6 is 22.9 Å². The number of carbonyl (C=O) groups is 2. The zero-order valence-electron chi connectivity index (χ0n) is 20.1. The van der Waals surface area contributed by atoms with Crippen molar-refractivity contribution < 1.29 is 24.2 Å². The van der Waals surface area contributed by atoms with Gasteiger partial charge in [-0.15, -0.1) is 0 Å². The molecule has 1 N–H and O–H groups in total. The Morgan fingerprint density at radius 2 is 1.86 bits per heavy atom. The largest absolute Gasteiger partial charge is 0.507 e. The number of anilines is 1. The second kappa shape index (κ2) is 10.2. The van der Waals surface area contributed by atoms with E-state index in [1.54, 1.807) is 66.7 Å². The Kier molecular flexibility index (Phi) is 6.86. The molecule has 37 heavy (non-hydrogen) atoms. The lowest BCUT2D eigenvalue weighted by Gasteiger charge is -2.23. The number of aliphatic hydroxyl groups is 1. The Morgan fingerprint density at radius 3 is 2.59 bits per heavy atom. The van der Waals surface area contributed by atoms with Gasteiger partial charge in [-0.25, -0.2) is 4.98 Å². The maximum absolute atomic E-state index is 13.4. The maximum atomic E-state index is 13.4. The SMILES string of the molecule is CCCOc1ccc(C(O)=C2C(=O)C(=O)N(c3nc4ccc(Cl)cc4s3)C2c2cccc(OC)c2)cc1. The Bertz CT molecular complexity index is 1530. The molecule has 1 saturated heterocycles. The van der Waals surface area contributed by atoms with Gasteiger partial charge in [-0.3, -0.25) is 14.5 Å². The van der Waals surface area contributed by atoms with Gasteiger partial charge in [0, 0.05) is 10.6 Å². The first-order valence-electron chi connectivity index (χ1n) is 11.7. The van der Waals surface area contributed by atoms with E-state index in [0.29, 0.717) is 44.9 Å². The third-order valence-corrected chi connectivity index (χ3v) is 7.25. The lowest BCUT2D eigenvalue weighted by Crippen LogP contribution is -2.29. The quantitative estimate of drug-likeness (QED) is 0.168. The number of methoxy groups -OCH3 is 1. The van der Waals surface area contributed by atoms with Crippen molar-refractivity contribution in [2.24, 2.45) is 0 Å². The first-order valence-corrected chi connectivity index (χ1v) is 12.8. The van der Waals surface area contributed by atoms with Gasteiger partial charge >= 0.3 is 5.91 Å². The molecule has 7 nitrogen and oxygen atoms in total. The van der Waals surface area contributed by atoms with Crippen LogP contribution in [0.5, 0.6) is 11.5 Å². The molecule has 0 bridgehead atoms. The smallest absolute Gasteiger partial charge is 0.301 e. The van der Waals surface area contributed by atoms with Crippen molar-refractivity contribution in [1.29, 1.82) is 0 Å². The molecule has 3 aromatic carbocycles. The molecular formula is C28H23ClN2O5S. The number of aliphatic hydroxyl groups excluding tert-OH is 1. The Balaban J connectivity index is 1.66. The molecule has 1 fully saturated rings. The van der Waals surface area contributed by atoms with E-state index in [-0.39, 0.29) is 11.3 Å². The minimum absolute atomic E-state index is 0.0298. The highest BCUT2D eigenvalue weighted by Gasteiger charge is 2.48. The summed E-state index contributed by atoms with van der Waals surface area (Å²) in [6.07, 6.45) is 0.865. The molecule has 0 spiro atoms. The number of rotatable bonds is 7. The van der Waals surface area contributed by atoms with Gasteiger partial charge in [0.25, 0.3) is 5.78 Å². The lowest BCUT2D eigenvalue weighted by atomic mass is 9.95. The standard InChI is InChI=1S/C28H23ClN2O5S/c1-3-13-36-19-10-7-16(8-11-19)25(32)23-24(17-5-4-6-20(14-17)35-2)31(27(34)26(23)33)28-30-21-12-9-18(29)15-22(21)37-28/h4-12,14-15,24,32H,3,13H2,1-2H3. The molecule has 0 radical (unpaired) electrons. The summed E-state index contributed by atoms with van der Waals surface area (Å²) in [5.74, 6) is -0.649. The summed E-state index contributed by atoms with van der Waals surface area (Å²) in [7, 11) is 1.54. The van der Waals surface area contributed by atoms with E-state index in [0.717, 1.165) is 11.1 Å². The average molecular weight is 535 g/mol. The maximum Gasteiger partial charge on any atom is 0.301 e. The molecule has 9 heteroatoms. The summed E-state index contributed by atoms with van der Waals surface area (Å²) in [6, 6.07) is 18.2. The predicted molar refractivity (Wildman–Crippen MR) is 145 cm³/mol. The molecule has 1 atom stereocenters. The molecule has 1 amide bonds. The van der Waals surface area contributed by atoms with Crippen LogP contribution < -0.4 is 14.4 Å². The van der Waals surface area contributed by atoms with E-state index >= 15 is 0 Å². The molecule has 1 unspecified atom stereocenters. The van der Waals surface area contributed by atoms with E-state index in [2.05, 4.69) is 4.98 Å². The number of aromatic nitrogens is 1. The van der Waals surface area contributed by atoms with E-state index in [4.69, 9.17) is 21.1 Å². The molecule has 5 rings (SSSR count). The summed E-state index contributed by atoms with van der Waals surface area (Å²) in [5, 5.41) is 12.2. The Morgan fingerprint density at radius 1 is 1.08 bits per heavy atom. The van der Waals surface area contributed by atoms with Gasteiger partial charge in [-0.05, 0) is 66.6 Å². The highest BCUT2D eigenvalue weighted by Crippen LogP contribution is 2.45. The van der Waals surface area contributed by atoms with E-state index < -0.39 is 17.7 Å². The molecule has 4 aromatic rings. The summed E-state index contributed by atoms with van der Waals surface area (Å²) >= 11 is 7.40. The second-order valence-corrected chi connectivity index (χ2v) is 9.87. The van der Waals surface area contributed by atoms with Crippen molar-refractivity contribution in [3.05, 3.63) is 88.5 Å². The zero-order valence-corrected chi connectivity index (χ0v) is 21.7. The molecule has 1 aliphatic rings. The lowest BCUT2D eigenvalue weighted by molar-refractivity contribution is -0.132. The van der Waals surface area contributed by atoms with Crippen molar-refractivity contribution in [2.45, 2.75) is 19.4 Å². The average Bonchev–Trinajstić information content (AvgIpc) is 3.44. The summed E-state index contributed by atoms with van der Waals surface area (Å²) in [5.41, 5.74) is 1.61. The molecule has 1 aromatic heterocycles. The van der Waals surface area contributed by atoms with Crippen LogP contribution in [0.25, 0.3) is 16.0 Å². The van der Waals surface area contributed by atoms with E-state index in [9.17, 15) is 14.7 Å². The van der Waals surface area contributed by atoms with Gasteiger partial charge < -0.3 is 14.6 Å². The van der Waals surface area contributed by atoms with Crippen LogP contribution in [0.15, 0.2) is 72.3 Å². The number of nitrogens with zero attached hydrogens (tertiary/aromatic N) is 2. The summed E-state index contributed by atoms with van der Waals surface area (Å²) < 4.78 is 11.8. The monoisotopic (exact) mass is 534 g/mol. The zero-order chi connectivity index (χ0) is 26.1. The first kappa shape index (κ1) is 24.8. The number of ether oxygens (including phenoxy) is 2. The predicted octanol–water partition coefficient (Wildman–Crippen LogP) is 6.37. The number of halogens is 1. The van der Waals surface area contributed by atoms with Gasteiger partial charge in [0.15, 0.2) is 5.13 Å². The van der Waals surface area contributed by atoms with Crippen molar-refractivity contribution >= 4 is 55.7 Å². The molecule has 1 aliphatic heterocycles. The number of Topliss-reactive ketones (excluding diaryl/α,β-unsaturated/α-hetero) is 1. The van der Waals surface area contributed by atoms with E-state index in [1.807, 2.05) is 6.92 Å². The Labute approximate surface area is 222 Å². The molecular weight excluding hydrogens is 512 g/mol. The van der Waals surface area contributed by atoms with Crippen LogP contribution in [0.2, 0.25) is 5.02 Å². The van der Waals surface area contributed by atoms with Crippen LogP contribution in [0.3, 0.4) is 0 Å². The molecule has 0 saturated carbocycles. The minimum atomic E-state index is -0.915. The normalized spacial score (nSPS) is 16.9. The number of hydrogen-bond donors (Lipinski definition) is 1. The number of ketones is 1. The fraction of sp³-hybridized carbons (Fsp3) is 0.179. The van der Waals surface area contributed by atoms with Crippen LogP contribution in [0.4, 0.5) is 5.13 Å². The molecule has 0 aliphatic carbocycles. The van der Waals surface area contributed by atoms with Gasteiger partial charge in [0.2, 0.25) is 0 Å². The van der Waals surface area contributed by atoms with Crippen LogP contribution in [0.1, 0.15) is 30.5 Å². The highest BCUT2D eigenvalue weighted by molar-refractivity contribution is 7.22. The summed E-state index contributed by atoms with van der Waals surface area (Å²) in [4.78, 5) is 32.8. The second-order valence-electron chi connectivity index (χ2n) is 8.43. The van der Waals surface area contributed by atoms with Crippen molar-refractivity contribution in [3.8, 4) is 11.5 Å². The Hall–Kier alpha value is -3.88. The third-order valence-electron chi connectivity index (χ3n) is 6.00. The van der Waals surface area contributed by atoms with Gasteiger partial charge in [-0.1, -0.05) is 42.0 Å². The van der Waals surface area contributed by atoms with Gasteiger partial charge in [0.05, 0.1) is 35.5 Å². The fourth-order valence-corrected chi connectivity index (χ4v) is 5.50. The highest BCUT2D eigenvalue weighted by atomic mass is 35.5. The van der Waals surface area contributed by atoms with Gasteiger partial charge in [0.1, 0.15) is 17.3 Å². The van der Waals surface area contributed by atoms with Gasteiger partial charge in [-0.2, -0.15) is 0 Å². The van der Waals surface area contributed by atoms with Crippen LogP contribution in [-0.4, -0.2) is 35.5 Å². The molecule has 188 valence electrons. The third kappa shape index (κ3) is 4.65. The van der Waals surface area contributed by atoms with Crippen LogP contribution in [0, 0.1) is 0 Å².